The van der Waals surface area contributed by atoms with Gasteiger partial charge < -0.3 is 5.32 Å². The zero-order chi connectivity index (χ0) is 13.8. The highest BCUT2D eigenvalue weighted by Gasteiger charge is 2.03. The molecule has 0 bridgehead atoms. The summed E-state index contributed by atoms with van der Waals surface area (Å²) in [6, 6.07) is 15.6. The Labute approximate surface area is 121 Å². The summed E-state index contributed by atoms with van der Waals surface area (Å²) < 4.78 is 0. The molecule has 0 unspecified atom stereocenters. The van der Waals surface area contributed by atoms with E-state index in [0.29, 0.717) is 5.82 Å². The Morgan fingerprint density at radius 1 is 1.10 bits per heavy atom. The summed E-state index contributed by atoms with van der Waals surface area (Å²) in [6.45, 7) is 0.729. The van der Waals surface area contributed by atoms with Crippen LogP contribution in [0.25, 0.3) is 11.4 Å². The van der Waals surface area contributed by atoms with Crippen molar-refractivity contribution in [3.63, 3.8) is 0 Å². The smallest absolute Gasteiger partial charge is 0.204 e. The van der Waals surface area contributed by atoms with Crippen LogP contribution >= 0.6 is 11.6 Å². The lowest BCUT2D eigenvalue weighted by molar-refractivity contribution is 0.881. The van der Waals surface area contributed by atoms with Crippen LogP contribution in [0, 0.1) is 0 Å². The molecule has 2 aromatic carbocycles. The van der Waals surface area contributed by atoms with Gasteiger partial charge in [0.05, 0.1) is 0 Å². The molecule has 0 fully saturated rings. The third-order valence-corrected chi connectivity index (χ3v) is 3.13. The summed E-state index contributed by atoms with van der Waals surface area (Å²) in [6.07, 6.45) is 0. The quantitative estimate of drug-likeness (QED) is 0.773. The number of aromatic nitrogens is 4. The molecule has 1 heterocycles. The Kier molecular flexibility index (Phi) is 3.60. The number of hydrogen-bond acceptors (Lipinski definition) is 4. The minimum atomic E-state index is 0.583. The van der Waals surface area contributed by atoms with Crippen LogP contribution in [-0.2, 0) is 6.54 Å². The van der Waals surface area contributed by atoms with E-state index >= 15 is 0 Å². The zero-order valence-electron chi connectivity index (χ0n) is 10.5. The van der Waals surface area contributed by atoms with Crippen molar-refractivity contribution in [2.24, 2.45) is 0 Å². The van der Waals surface area contributed by atoms with E-state index in [1.54, 1.807) is 0 Å². The molecule has 3 rings (SSSR count). The summed E-state index contributed by atoms with van der Waals surface area (Å²) in [5, 5.41) is 18.0. The summed E-state index contributed by atoms with van der Waals surface area (Å²) in [4.78, 5) is 0. The normalized spacial score (nSPS) is 10.4. The largest absolute Gasteiger partial charge is 0.381 e. The Balaban J connectivity index is 1.72. The maximum atomic E-state index is 5.86. The highest BCUT2D eigenvalue weighted by molar-refractivity contribution is 6.30. The van der Waals surface area contributed by atoms with Crippen molar-refractivity contribution in [2.75, 3.05) is 5.32 Å². The van der Waals surface area contributed by atoms with Crippen LogP contribution in [0.5, 0.6) is 0 Å². The summed E-state index contributed by atoms with van der Waals surface area (Å²) in [5.74, 6) is 0.583. The van der Waals surface area contributed by atoms with Gasteiger partial charge in [-0.1, -0.05) is 35.9 Å². The van der Waals surface area contributed by atoms with Crippen LogP contribution in [0.1, 0.15) is 5.56 Å². The first kappa shape index (κ1) is 12.6. The van der Waals surface area contributed by atoms with Gasteiger partial charge in [0.25, 0.3) is 0 Å². The first-order valence-electron chi connectivity index (χ1n) is 6.13. The SMILES string of the molecule is Clc1ccc(CNc2cccc(-c3nn[nH]n3)c2)cc1. The van der Waals surface area contributed by atoms with Crippen LogP contribution < -0.4 is 5.32 Å². The van der Waals surface area contributed by atoms with Crippen molar-refractivity contribution in [3.8, 4) is 11.4 Å². The number of aromatic amines is 1. The lowest BCUT2D eigenvalue weighted by Gasteiger charge is -2.07. The number of rotatable bonds is 4. The average Bonchev–Trinajstić information content (AvgIpc) is 3.01. The molecule has 6 heteroatoms. The summed E-state index contributed by atoms with van der Waals surface area (Å²) >= 11 is 5.86. The van der Waals surface area contributed by atoms with E-state index in [2.05, 4.69) is 25.9 Å². The van der Waals surface area contributed by atoms with Crippen molar-refractivity contribution in [1.82, 2.24) is 20.6 Å². The van der Waals surface area contributed by atoms with Gasteiger partial charge in [0.1, 0.15) is 0 Å². The van der Waals surface area contributed by atoms with E-state index in [4.69, 9.17) is 11.6 Å². The van der Waals surface area contributed by atoms with E-state index in [0.717, 1.165) is 22.8 Å². The maximum Gasteiger partial charge on any atom is 0.204 e. The van der Waals surface area contributed by atoms with Gasteiger partial charge in [-0.15, -0.1) is 10.2 Å². The molecule has 0 aliphatic heterocycles. The van der Waals surface area contributed by atoms with Gasteiger partial charge in [0, 0.05) is 22.8 Å². The molecule has 0 radical (unpaired) electrons. The molecular weight excluding hydrogens is 274 g/mol. The monoisotopic (exact) mass is 285 g/mol. The number of hydrogen-bond donors (Lipinski definition) is 2. The Hall–Kier alpha value is -2.40. The highest BCUT2D eigenvalue weighted by atomic mass is 35.5. The van der Waals surface area contributed by atoms with Crippen molar-refractivity contribution < 1.29 is 0 Å². The molecule has 0 aliphatic carbocycles. The number of halogens is 1. The molecule has 0 spiro atoms. The number of anilines is 1. The lowest BCUT2D eigenvalue weighted by atomic mass is 10.1. The number of nitrogens with zero attached hydrogens (tertiary/aromatic N) is 3. The van der Waals surface area contributed by atoms with Crippen molar-refractivity contribution in [1.29, 1.82) is 0 Å². The Morgan fingerprint density at radius 2 is 1.95 bits per heavy atom. The van der Waals surface area contributed by atoms with Gasteiger partial charge in [-0.2, -0.15) is 5.21 Å². The molecule has 5 nitrogen and oxygen atoms in total. The number of H-pyrrole nitrogens is 1. The Morgan fingerprint density at radius 3 is 2.70 bits per heavy atom. The van der Waals surface area contributed by atoms with Crippen LogP contribution in [0.2, 0.25) is 5.02 Å². The highest BCUT2D eigenvalue weighted by Crippen LogP contribution is 2.19. The van der Waals surface area contributed by atoms with Gasteiger partial charge >= 0.3 is 0 Å². The fourth-order valence-electron chi connectivity index (χ4n) is 1.86. The van der Waals surface area contributed by atoms with Gasteiger partial charge in [-0.05, 0) is 35.0 Å². The fraction of sp³-hybridized carbons (Fsp3) is 0.0714. The second kappa shape index (κ2) is 5.71. The number of benzene rings is 2. The van der Waals surface area contributed by atoms with E-state index in [-0.39, 0.29) is 0 Å². The topological polar surface area (TPSA) is 66.5 Å². The maximum absolute atomic E-state index is 5.86. The van der Waals surface area contributed by atoms with Crippen LogP contribution in [-0.4, -0.2) is 20.6 Å². The summed E-state index contributed by atoms with van der Waals surface area (Å²) in [5.41, 5.74) is 3.08. The molecule has 20 heavy (non-hydrogen) atoms. The number of tetrazole rings is 1. The second-order valence-electron chi connectivity index (χ2n) is 4.30. The average molecular weight is 286 g/mol. The molecule has 2 N–H and O–H groups in total. The van der Waals surface area contributed by atoms with Crippen LogP contribution in [0.3, 0.4) is 0 Å². The molecular formula is C14H12ClN5. The lowest BCUT2D eigenvalue weighted by Crippen LogP contribution is -1.99. The minimum absolute atomic E-state index is 0.583. The zero-order valence-corrected chi connectivity index (χ0v) is 11.3. The molecule has 3 aromatic rings. The van der Waals surface area contributed by atoms with Gasteiger partial charge in [0.2, 0.25) is 5.82 Å². The summed E-state index contributed by atoms with van der Waals surface area (Å²) in [7, 11) is 0. The van der Waals surface area contributed by atoms with Gasteiger partial charge in [0.15, 0.2) is 0 Å². The molecule has 1 aromatic heterocycles. The third kappa shape index (κ3) is 2.95. The van der Waals surface area contributed by atoms with E-state index in [1.165, 1.54) is 5.56 Å². The van der Waals surface area contributed by atoms with Crippen LogP contribution in [0.15, 0.2) is 48.5 Å². The molecule has 0 amide bonds. The molecule has 0 atom stereocenters. The number of nitrogens with one attached hydrogen (secondary N) is 2. The second-order valence-corrected chi connectivity index (χ2v) is 4.73. The van der Waals surface area contributed by atoms with Gasteiger partial charge in [-0.3, -0.25) is 0 Å². The third-order valence-electron chi connectivity index (χ3n) is 2.88. The van der Waals surface area contributed by atoms with Crippen molar-refractivity contribution in [2.45, 2.75) is 6.54 Å². The Bertz CT molecular complexity index is 679. The van der Waals surface area contributed by atoms with Crippen molar-refractivity contribution >= 4 is 17.3 Å². The van der Waals surface area contributed by atoms with E-state index < -0.39 is 0 Å². The first-order valence-corrected chi connectivity index (χ1v) is 6.51. The van der Waals surface area contributed by atoms with Crippen LogP contribution in [0.4, 0.5) is 5.69 Å². The fourth-order valence-corrected chi connectivity index (χ4v) is 1.98. The molecule has 100 valence electrons. The first-order chi connectivity index (χ1) is 9.81. The predicted octanol–water partition coefficient (Wildman–Crippen LogP) is 3.13. The molecule has 0 aliphatic rings. The van der Waals surface area contributed by atoms with Gasteiger partial charge in [-0.25, -0.2) is 0 Å². The predicted molar refractivity (Wildman–Crippen MR) is 78.4 cm³/mol. The molecule has 0 saturated carbocycles. The van der Waals surface area contributed by atoms with Crippen molar-refractivity contribution in [3.05, 3.63) is 59.1 Å². The standard InChI is InChI=1S/C14H12ClN5/c15-12-6-4-10(5-7-12)9-16-13-3-1-2-11(8-13)14-17-19-20-18-14/h1-8,16H,9H2,(H,17,18,19,20). The van der Waals surface area contributed by atoms with E-state index in [1.807, 2.05) is 48.5 Å². The van der Waals surface area contributed by atoms with E-state index in [9.17, 15) is 0 Å². The minimum Gasteiger partial charge on any atom is -0.381 e. The molecule has 0 saturated heterocycles.